The highest BCUT2D eigenvalue weighted by Gasteiger charge is 2.37. The Balaban J connectivity index is 1.23. The molecule has 0 bridgehead atoms. The molecule has 0 spiro atoms. The van der Waals surface area contributed by atoms with Crippen LogP contribution in [0.2, 0.25) is 0 Å². The molecule has 4 aliphatic heterocycles. The van der Waals surface area contributed by atoms with Crippen LogP contribution in [0.5, 0.6) is 5.88 Å². The summed E-state index contributed by atoms with van der Waals surface area (Å²) in [6.07, 6.45) is 0.344. The van der Waals surface area contributed by atoms with Gasteiger partial charge in [-0.25, -0.2) is 9.37 Å². The van der Waals surface area contributed by atoms with E-state index in [1.807, 2.05) is 13.0 Å². The maximum atomic E-state index is 14.3. The van der Waals surface area contributed by atoms with E-state index in [1.54, 1.807) is 17.0 Å². The molecule has 0 unspecified atom stereocenters. The first-order valence-corrected chi connectivity index (χ1v) is 17.8. The van der Waals surface area contributed by atoms with Crippen LogP contribution in [-0.4, -0.2) is 147 Å². The molecule has 12 nitrogen and oxygen atoms in total. The molecule has 1 aromatic heterocycles. The lowest BCUT2D eigenvalue weighted by Gasteiger charge is -2.46. The van der Waals surface area contributed by atoms with Gasteiger partial charge in [0.05, 0.1) is 39.0 Å². The van der Waals surface area contributed by atoms with Crippen LogP contribution in [0, 0.1) is 5.82 Å². The molecule has 268 valence electrons. The van der Waals surface area contributed by atoms with Crippen LogP contribution in [0.1, 0.15) is 49.3 Å². The minimum absolute atomic E-state index is 0.0310. The van der Waals surface area contributed by atoms with E-state index in [4.69, 9.17) is 19.2 Å². The quantitative estimate of drug-likeness (QED) is 0.385. The van der Waals surface area contributed by atoms with Crippen molar-refractivity contribution < 1.29 is 28.2 Å². The number of piperazine rings is 1. The molecule has 2 amide bonds. The van der Waals surface area contributed by atoms with Crippen molar-refractivity contribution >= 4 is 17.5 Å². The first kappa shape index (κ1) is 35.6. The number of pyridine rings is 1. The Kier molecular flexibility index (Phi) is 11.8. The summed E-state index contributed by atoms with van der Waals surface area (Å²) in [5, 5.41) is 6.65. The molecule has 2 N–H and O–H groups in total. The van der Waals surface area contributed by atoms with Crippen LogP contribution < -0.4 is 20.3 Å². The van der Waals surface area contributed by atoms with Gasteiger partial charge in [-0.3, -0.25) is 24.3 Å². The second-order valence-electron chi connectivity index (χ2n) is 14.1. The number of carbonyl (C=O) groups is 2. The van der Waals surface area contributed by atoms with Gasteiger partial charge in [0, 0.05) is 70.0 Å². The molecule has 4 aliphatic rings. The fraction of sp³-hybridized carbons (Fsp3) is 0.639. The maximum absolute atomic E-state index is 14.3. The number of fused-ring (bicyclic) bond motifs is 1. The first-order valence-electron chi connectivity index (χ1n) is 17.8. The molecule has 1 aromatic carbocycles. The van der Waals surface area contributed by atoms with Gasteiger partial charge < -0.3 is 29.7 Å². The van der Waals surface area contributed by atoms with Crippen LogP contribution in [0.3, 0.4) is 0 Å². The predicted octanol–water partition coefficient (Wildman–Crippen LogP) is 1.76. The summed E-state index contributed by atoms with van der Waals surface area (Å²) in [4.78, 5) is 41.6. The lowest BCUT2D eigenvalue weighted by Crippen LogP contribution is -2.63. The summed E-state index contributed by atoms with van der Waals surface area (Å²) in [6.45, 7) is 17.1. The summed E-state index contributed by atoms with van der Waals surface area (Å²) in [5.74, 6) is -0.395. The third kappa shape index (κ3) is 8.76. The Hall–Kier alpha value is -3.20. The number of halogens is 1. The molecule has 5 atom stereocenters. The lowest BCUT2D eigenvalue weighted by atomic mass is 10.0. The molecule has 5 heterocycles. The number of morpholine rings is 2. The maximum Gasteiger partial charge on any atom is 0.270 e. The SMILES string of the molecule is C[C@@H]1CN(CC(=O)N2c3cc(Cc4ccc(F)cc4)c(C(=O)NCCN4CCOCC4)nc3OC[C@@H]2C)[C@@H](CN2[C@H](C)COC[C@H]2C)CN1. The summed E-state index contributed by atoms with van der Waals surface area (Å²) < 4.78 is 31.1. The zero-order chi connectivity index (χ0) is 34.5. The zero-order valence-electron chi connectivity index (χ0n) is 29.3. The number of hydrogen-bond donors (Lipinski definition) is 2. The van der Waals surface area contributed by atoms with Gasteiger partial charge in [0.1, 0.15) is 23.8 Å². The van der Waals surface area contributed by atoms with Crippen LogP contribution in [0.4, 0.5) is 10.1 Å². The number of carbonyl (C=O) groups excluding carboxylic acids is 2. The molecule has 2 aromatic rings. The van der Waals surface area contributed by atoms with E-state index in [0.717, 1.165) is 38.3 Å². The topological polar surface area (TPSA) is 112 Å². The largest absolute Gasteiger partial charge is 0.474 e. The molecular weight excluding hydrogens is 629 g/mol. The summed E-state index contributed by atoms with van der Waals surface area (Å²) in [5.41, 5.74) is 2.28. The number of amides is 2. The third-order valence-corrected chi connectivity index (χ3v) is 10.2. The van der Waals surface area contributed by atoms with Crippen molar-refractivity contribution in [3.05, 3.63) is 53.0 Å². The van der Waals surface area contributed by atoms with Crippen LogP contribution in [-0.2, 0) is 20.7 Å². The van der Waals surface area contributed by atoms with Gasteiger partial charge in [-0.1, -0.05) is 12.1 Å². The van der Waals surface area contributed by atoms with Gasteiger partial charge in [-0.05, 0) is 63.4 Å². The standard InChI is InChI=1S/C36H52FN7O5/c1-24-18-42(31(17-39-24)19-43-25(2)21-48-22-26(43)3)20-33(45)44-27(4)23-49-36-32(44)16-29(15-28-5-7-30(37)8-6-28)34(40-36)35(46)38-9-10-41-11-13-47-14-12-41/h5-8,16,24-27,31,39H,9-15,17-23H2,1-4H3,(H,38,46)/t24-,25-,26-,27+,31-/m1/s1. The predicted molar refractivity (Wildman–Crippen MR) is 185 cm³/mol. The van der Waals surface area contributed by atoms with Crippen molar-refractivity contribution in [2.24, 2.45) is 0 Å². The second kappa shape index (κ2) is 16.2. The van der Waals surface area contributed by atoms with Crippen LogP contribution in [0.25, 0.3) is 0 Å². The number of nitrogens with one attached hydrogen (secondary N) is 2. The van der Waals surface area contributed by atoms with Gasteiger partial charge in [-0.15, -0.1) is 0 Å². The molecule has 49 heavy (non-hydrogen) atoms. The number of benzene rings is 1. The fourth-order valence-corrected chi connectivity index (χ4v) is 7.38. The van der Waals surface area contributed by atoms with E-state index in [-0.39, 0.29) is 60.5 Å². The third-order valence-electron chi connectivity index (χ3n) is 10.2. The average Bonchev–Trinajstić information content (AvgIpc) is 3.08. The minimum atomic E-state index is -0.328. The molecule has 0 aliphatic carbocycles. The molecule has 3 fully saturated rings. The van der Waals surface area contributed by atoms with E-state index in [2.05, 4.69) is 46.1 Å². The van der Waals surface area contributed by atoms with Crippen molar-refractivity contribution in [2.45, 2.75) is 64.3 Å². The molecule has 6 rings (SSSR count). The summed E-state index contributed by atoms with van der Waals surface area (Å²) in [7, 11) is 0. The summed E-state index contributed by atoms with van der Waals surface area (Å²) >= 11 is 0. The van der Waals surface area contributed by atoms with E-state index in [0.29, 0.717) is 69.3 Å². The van der Waals surface area contributed by atoms with Crippen LogP contribution in [0.15, 0.2) is 30.3 Å². The van der Waals surface area contributed by atoms with Crippen molar-refractivity contribution in [3.8, 4) is 5.88 Å². The fourth-order valence-electron chi connectivity index (χ4n) is 7.38. The summed E-state index contributed by atoms with van der Waals surface area (Å²) in [6, 6.07) is 8.91. The first-order chi connectivity index (χ1) is 23.7. The average molecular weight is 682 g/mol. The number of anilines is 1. The van der Waals surface area contributed by atoms with E-state index < -0.39 is 0 Å². The smallest absolute Gasteiger partial charge is 0.270 e. The van der Waals surface area contributed by atoms with Gasteiger partial charge in [-0.2, -0.15) is 0 Å². The Morgan fingerprint density at radius 3 is 2.47 bits per heavy atom. The molecule has 13 heteroatoms. The van der Waals surface area contributed by atoms with Crippen molar-refractivity contribution in [2.75, 3.05) is 90.3 Å². The number of hydrogen-bond acceptors (Lipinski definition) is 10. The highest BCUT2D eigenvalue weighted by molar-refractivity contribution is 5.99. The van der Waals surface area contributed by atoms with Crippen molar-refractivity contribution in [1.29, 1.82) is 0 Å². The van der Waals surface area contributed by atoms with E-state index in [1.165, 1.54) is 12.1 Å². The van der Waals surface area contributed by atoms with Gasteiger partial charge in [0.2, 0.25) is 11.8 Å². The number of rotatable bonds is 10. The normalized spacial score (nSPS) is 27.0. The van der Waals surface area contributed by atoms with Crippen LogP contribution >= 0.6 is 0 Å². The second-order valence-corrected chi connectivity index (χ2v) is 14.1. The van der Waals surface area contributed by atoms with Crippen molar-refractivity contribution in [1.82, 2.24) is 30.3 Å². The van der Waals surface area contributed by atoms with E-state index >= 15 is 0 Å². The molecule has 0 saturated carbocycles. The van der Waals surface area contributed by atoms with Gasteiger partial charge in [0.25, 0.3) is 5.91 Å². The minimum Gasteiger partial charge on any atom is -0.474 e. The Morgan fingerprint density at radius 1 is 1.00 bits per heavy atom. The Morgan fingerprint density at radius 2 is 1.73 bits per heavy atom. The number of ether oxygens (including phenoxy) is 3. The lowest BCUT2D eigenvalue weighted by molar-refractivity contribution is -0.122. The molecule has 3 saturated heterocycles. The van der Waals surface area contributed by atoms with E-state index in [9.17, 15) is 14.0 Å². The highest BCUT2D eigenvalue weighted by atomic mass is 19.1. The molecule has 0 radical (unpaired) electrons. The van der Waals surface area contributed by atoms with Gasteiger partial charge in [0.15, 0.2) is 0 Å². The molecular formula is C36H52FN7O5. The Bertz CT molecular complexity index is 1430. The zero-order valence-corrected chi connectivity index (χ0v) is 29.3. The number of nitrogens with zero attached hydrogens (tertiary/aromatic N) is 5. The van der Waals surface area contributed by atoms with Gasteiger partial charge >= 0.3 is 0 Å². The number of aromatic nitrogens is 1. The monoisotopic (exact) mass is 681 g/mol. The Labute approximate surface area is 289 Å². The highest BCUT2D eigenvalue weighted by Crippen LogP contribution is 2.35. The van der Waals surface area contributed by atoms with Crippen molar-refractivity contribution in [3.63, 3.8) is 0 Å².